The van der Waals surface area contributed by atoms with Crippen LogP contribution in [0.5, 0.6) is 0 Å². The lowest BCUT2D eigenvalue weighted by Gasteiger charge is -2.57. The molecule has 1 N–H and O–H groups in total. The molecular formula is C21H26ClNO3S. The zero-order chi connectivity index (χ0) is 19.2. The number of esters is 1. The maximum absolute atomic E-state index is 12.8. The number of rotatable bonds is 5. The Balaban J connectivity index is 1.40. The van der Waals surface area contributed by atoms with E-state index < -0.39 is 12.1 Å². The van der Waals surface area contributed by atoms with Crippen molar-refractivity contribution in [2.24, 2.45) is 17.8 Å². The van der Waals surface area contributed by atoms with Crippen LogP contribution in [0.4, 0.5) is 0 Å². The van der Waals surface area contributed by atoms with Crippen molar-refractivity contribution in [3.8, 4) is 0 Å². The maximum atomic E-state index is 12.8. The minimum atomic E-state index is -0.834. The fraction of sp³-hybridized carbons (Fsp3) is 0.619. The molecular weight excluding hydrogens is 382 g/mol. The second kappa shape index (κ2) is 7.32. The summed E-state index contributed by atoms with van der Waals surface area (Å²) >= 11 is 7.67. The Morgan fingerprint density at radius 2 is 1.78 bits per heavy atom. The van der Waals surface area contributed by atoms with Crippen LogP contribution in [0.15, 0.2) is 23.1 Å². The number of hydrogen-bond acceptors (Lipinski definition) is 4. The van der Waals surface area contributed by atoms with Gasteiger partial charge < -0.3 is 10.1 Å². The topological polar surface area (TPSA) is 55.4 Å². The van der Waals surface area contributed by atoms with Gasteiger partial charge in [0.1, 0.15) is 0 Å². The number of benzene rings is 1. The Morgan fingerprint density at radius 3 is 2.33 bits per heavy atom. The Kier molecular flexibility index (Phi) is 5.19. The maximum Gasteiger partial charge on any atom is 0.340 e. The van der Waals surface area contributed by atoms with Gasteiger partial charge in [-0.05, 0) is 87.7 Å². The van der Waals surface area contributed by atoms with Crippen LogP contribution in [0, 0.1) is 17.8 Å². The van der Waals surface area contributed by atoms with Crippen molar-refractivity contribution in [3.05, 3.63) is 28.8 Å². The molecule has 4 fully saturated rings. The van der Waals surface area contributed by atoms with E-state index in [9.17, 15) is 9.59 Å². The van der Waals surface area contributed by atoms with Gasteiger partial charge in [-0.15, -0.1) is 11.8 Å². The third kappa shape index (κ3) is 3.86. The van der Waals surface area contributed by atoms with Crippen LogP contribution in [-0.2, 0) is 9.53 Å². The van der Waals surface area contributed by atoms with Crippen molar-refractivity contribution in [3.63, 3.8) is 0 Å². The number of hydrogen-bond donors (Lipinski definition) is 1. The summed E-state index contributed by atoms with van der Waals surface area (Å²) < 4.78 is 5.45. The van der Waals surface area contributed by atoms with Crippen LogP contribution in [0.2, 0.25) is 5.02 Å². The van der Waals surface area contributed by atoms with Gasteiger partial charge in [-0.2, -0.15) is 0 Å². The monoisotopic (exact) mass is 407 g/mol. The number of amides is 1. The highest BCUT2D eigenvalue weighted by molar-refractivity contribution is 7.98. The highest BCUT2D eigenvalue weighted by Crippen LogP contribution is 2.55. The first kappa shape index (κ1) is 19.1. The lowest BCUT2D eigenvalue weighted by atomic mass is 9.53. The minimum Gasteiger partial charge on any atom is -0.449 e. The van der Waals surface area contributed by atoms with Crippen LogP contribution < -0.4 is 5.32 Å². The van der Waals surface area contributed by atoms with E-state index in [1.165, 1.54) is 31.0 Å². The normalized spacial score (nSPS) is 32.2. The summed E-state index contributed by atoms with van der Waals surface area (Å²) in [6.45, 7) is 1.64. The SMILES string of the molecule is CSc1ccc(Cl)c(C(=O)O[C@H](C)C(=O)NC23CC4CC(CC(C4)C2)C3)c1. The molecule has 1 amide bonds. The van der Waals surface area contributed by atoms with Crippen LogP contribution >= 0.6 is 23.4 Å². The van der Waals surface area contributed by atoms with E-state index in [1.54, 1.807) is 19.1 Å². The second-order valence-corrected chi connectivity index (χ2v) is 9.87. The molecule has 146 valence electrons. The second-order valence-electron chi connectivity index (χ2n) is 8.58. The predicted molar refractivity (Wildman–Crippen MR) is 107 cm³/mol. The van der Waals surface area contributed by atoms with E-state index >= 15 is 0 Å². The smallest absolute Gasteiger partial charge is 0.340 e. The third-order valence-electron chi connectivity index (χ3n) is 6.47. The summed E-state index contributed by atoms with van der Waals surface area (Å²) in [6.07, 6.45) is 8.30. The van der Waals surface area contributed by atoms with Crippen LogP contribution in [0.3, 0.4) is 0 Å². The molecule has 1 aromatic carbocycles. The molecule has 0 heterocycles. The molecule has 4 saturated carbocycles. The van der Waals surface area contributed by atoms with Crippen molar-refractivity contribution < 1.29 is 14.3 Å². The standard InChI is InChI=1S/C21H26ClNO3S/c1-12(26-20(25)17-8-16(27-2)3-4-18(17)22)19(24)23-21-9-13-5-14(10-21)7-15(6-13)11-21/h3-4,8,12-15H,5-7,9-11H2,1-2H3,(H,23,24)/t12-,13?,14?,15?,21?/m1/s1. The summed E-state index contributed by atoms with van der Waals surface area (Å²) in [6, 6.07) is 5.25. The molecule has 27 heavy (non-hydrogen) atoms. The molecule has 0 radical (unpaired) electrons. The fourth-order valence-corrected chi connectivity index (χ4v) is 6.33. The Bertz CT molecular complexity index is 731. The van der Waals surface area contributed by atoms with E-state index in [2.05, 4.69) is 5.32 Å². The third-order valence-corrected chi connectivity index (χ3v) is 7.53. The van der Waals surface area contributed by atoms with Gasteiger partial charge in [-0.25, -0.2) is 4.79 Å². The molecule has 0 aromatic heterocycles. The molecule has 4 aliphatic rings. The summed E-state index contributed by atoms with van der Waals surface area (Å²) in [4.78, 5) is 26.2. The number of carbonyl (C=O) groups is 2. The van der Waals surface area contributed by atoms with E-state index in [1.807, 2.05) is 12.3 Å². The highest BCUT2D eigenvalue weighted by Gasteiger charge is 2.51. The molecule has 0 saturated heterocycles. The average Bonchev–Trinajstić information content (AvgIpc) is 2.60. The van der Waals surface area contributed by atoms with Crippen molar-refractivity contribution in [1.82, 2.24) is 5.32 Å². The number of halogens is 1. The van der Waals surface area contributed by atoms with Gasteiger partial charge in [0.05, 0.1) is 10.6 Å². The van der Waals surface area contributed by atoms with Crippen molar-refractivity contribution in [2.45, 2.75) is 62.0 Å². The quantitative estimate of drug-likeness (QED) is 0.568. The van der Waals surface area contributed by atoms with E-state index in [0.29, 0.717) is 10.6 Å². The highest BCUT2D eigenvalue weighted by atomic mass is 35.5. The first-order valence-electron chi connectivity index (χ1n) is 9.74. The lowest BCUT2D eigenvalue weighted by molar-refractivity contribution is -0.134. The van der Waals surface area contributed by atoms with Gasteiger partial charge in [0.15, 0.2) is 6.10 Å². The lowest BCUT2D eigenvalue weighted by Crippen LogP contribution is -2.61. The minimum absolute atomic E-state index is 0.0804. The zero-order valence-electron chi connectivity index (χ0n) is 15.8. The molecule has 4 nitrogen and oxygen atoms in total. The molecule has 1 aromatic rings. The molecule has 5 rings (SSSR count). The van der Waals surface area contributed by atoms with E-state index in [-0.39, 0.29) is 11.4 Å². The van der Waals surface area contributed by atoms with Crippen molar-refractivity contribution >= 4 is 35.2 Å². The fourth-order valence-electron chi connectivity index (χ4n) is 5.69. The Hall–Kier alpha value is -1.20. The zero-order valence-corrected chi connectivity index (χ0v) is 17.4. The Labute approximate surface area is 169 Å². The number of ether oxygens (including phenoxy) is 1. The number of carbonyl (C=O) groups excluding carboxylic acids is 2. The van der Waals surface area contributed by atoms with Crippen molar-refractivity contribution in [1.29, 1.82) is 0 Å². The summed E-state index contributed by atoms with van der Waals surface area (Å²) in [5.41, 5.74) is 0.223. The number of nitrogens with one attached hydrogen (secondary N) is 1. The molecule has 0 aliphatic heterocycles. The molecule has 4 bridgehead atoms. The van der Waals surface area contributed by atoms with Crippen LogP contribution in [0.25, 0.3) is 0 Å². The van der Waals surface area contributed by atoms with Crippen LogP contribution in [0.1, 0.15) is 55.8 Å². The van der Waals surface area contributed by atoms with Gasteiger partial charge in [-0.3, -0.25) is 4.79 Å². The van der Waals surface area contributed by atoms with Gasteiger partial charge in [0.2, 0.25) is 0 Å². The van der Waals surface area contributed by atoms with Gasteiger partial charge in [-0.1, -0.05) is 11.6 Å². The number of thioether (sulfide) groups is 1. The van der Waals surface area contributed by atoms with Gasteiger partial charge in [0, 0.05) is 10.4 Å². The van der Waals surface area contributed by atoms with Crippen LogP contribution in [-0.4, -0.2) is 29.8 Å². The van der Waals surface area contributed by atoms with E-state index in [0.717, 1.165) is 41.9 Å². The van der Waals surface area contributed by atoms with Gasteiger partial charge in [0.25, 0.3) is 5.91 Å². The Morgan fingerprint density at radius 1 is 1.19 bits per heavy atom. The predicted octanol–water partition coefficient (Wildman–Crippen LogP) is 4.69. The summed E-state index contributed by atoms with van der Waals surface area (Å²) in [5, 5.41) is 3.60. The average molecular weight is 408 g/mol. The van der Waals surface area contributed by atoms with Gasteiger partial charge >= 0.3 is 5.97 Å². The summed E-state index contributed by atoms with van der Waals surface area (Å²) in [5.74, 6) is 1.51. The molecule has 4 aliphatic carbocycles. The first-order valence-corrected chi connectivity index (χ1v) is 11.3. The first-order chi connectivity index (χ1) is 12.9. The molecule has 0 spiro atoms. The van der Waals surface area contributed by atoms with Crippen molar-refractivity contribution in [2.75, 3.05) is 6.26 Å². The largest absolute Gasteiger partial charge is 0.449 e. The molecule has 1 atom stereocenters. The summed E-state index contributed by atoms with van der Waals surface area (Å²) in [7, 11) is 0. The molecule has 0 unspecified atom stereocenters. The molecule has 6 heteroatoms. The van der Waals surface area contributed by atoms with E-state index in [4.69, 9.17) is 16.3 Å².